The lowest BCUT2D eigenvalue weighted by molar-refractivity contribution is -0.142. The molecule has 0 amide bonds. The minimum absolute atomic E-state index is 0.0113. The number of aromatic nitrogens is 2. The lowest BCUT2D eigenvalue weighted by atomic mass is 9.83. The number of hydrogen-bond donors (Lipinski definition) is 1. The van der Waals surface area contributed by atoms with E-state index < -0.39 is 5.97 Å². The number of carboxylic acids is 1. The number of nitrogens with zero attached hydrogens (tertiary/aromatic N) is 2. The molecular weight excluding hydrogens is 420 g/mol. The summed E-state index contributed by atoms with van der Waals surface area (Å²) in [7, 11) is 0. The number of unbranched alkanes of at least 4 members (excludes halogenated alkanes) is 10. The first-order chi connectivity index (χ1) is 16.6. The monoisotopic (exact) mass is 466 g/mol. The Morgan fingerprint density at radius 3 is 1.88 bits per heavy atom. The summed E-state index contributed by atoms with van der Waals surface area (Å²) in [5, 5.41) is 9.80. The topological polar surface area (TPSA) is 63.1 Å². The molecule has 2 unspecified atom stereocenters. The summed E-state index contributed by atoms with van der Waals surface area (Å²) >= 11 is 0. The fraction of sp³-hybridized carbons (Fsp3) is 0.633. The molecule has 0 fully saturated rings. The molecule has 0 spiro atoms. The second kappa shape index (κ2) is 16.4. The molecule has 4 heteroatoms. The van der Waals surface area contributed by atoms with Gasteiger partial charge in [-0.1, -0.05) is 116 Å². The molecule has 0 radical (unpaired) electrons. The third kappa shape index (κ3) is 9.95. The van der Waals surface area contributed by atoms with E-state index in [1.54, 1.807) is 0 Å². The average Bonchev–Trinajstić information content (AvgIpc) is 2.85. The third-order valence-corrected chi connectivity index (χ3v) is 7.01. The highest BCUT2D eigenvalue weighted by atomic mass is 16.4. The number of carboxylic acid groups (broad SMARTS) is 1. The van der Waals surface area contributed by atoms with E-state index >= 15 is 0 Å². The highest BCUT2D eigenvalue weighted by molar-refractivity contribution is 5.71. The van der Waals surface area contributed by atoms with Gasteiger partial charge in [-0.15, -0.1) is 0 Å². The second-order valence-corrected chi connectivity index (χ2v) is 9.84. The molecule has 0 aliphatic heterocycles. The van der Waals surface area contributed by atoms with Gasteiger partial charge in [-0.3, -0.25) is 4.79 Å². The fourth-order valence-electron chi connectivity index (χ4n) is 4.64. The van der Waals surface area contributed by atoms with Gasteiger partial charge in [-0.25, -0.2) is 9.97 Å². The molecule has 0 aliphatic carbocycles. The fourth-order valence-corrected chi connectivity index (χ4v) is 4.64. The quantitative estimate of drug-likeness (QED) is 0.223. The van der Waals surface area contributed by atoms with E-state index in [0.29, 0.717) is 0 Å². The SMILES string of the molecule is CCCCCCCCc1cnc(-c2ccc(C(C)C(CCCCCCCC)C(=O)O)cc2)nc1. The number of benzene rings is 1. The summed E-state index contributed by atoms with van der Waals surface area (Å²) in [6.45, 7) is 6.50. The Morgan fingerprint density at radius 2 is 1.32 bits per heavy atom. The molecule has 0 saturated carbocycles. The van der Waals surface area contributed by atoms with Gasteiger partial charge in [0.05, 0.1) is 5.92 Å². The van der Waals surface area contributed by atoms with Crippen LogP contribution in [-0.4, -0.2) is 21.0 Å². The van der Waals surface area contributed by atoms with E-state index in [1.165, 1.54) is 69.8 Å². The zero-order valence-electron chi connectivity index (χ0n) is 21.8. The van der Waals surface area contributed by atoms with Crippen LogP contribution in [0.15, 0.2) is 36.7 Å². The van der Waals surface area contributed by atoms with Crippen LogP contribution in [0.2, 0.25) is 0 Å². The minimum atomic E-state index is -0.686. The molecule has 2 aromatic rings. The van der Waals surface area contributed by atoms with Gasteiger partial charge in [0.25, 0.3) is 0 Å². The zero-order chi connectivity index (χ0) is 24.6. The summed E-state index contributed by atoms with van der Waals surface area (Å²) in [4.78, 5) is 21.1. The van der Waals surface area contributed by atoms with Gasteiger partial charge in [0.2, 0.25) is 0 Å². The second-order valence-electron chi connectivity index (χ2n) is 9.84. The lowest BCUT2D eigenvalue weighted by Crippen LogP contribution is -2.20. The van der Waals surface area contributed by atoms with E-state index in [9.17, 15) is 9.90 Å². The largest absolute Gasteiger partial charge is 0.481 e. The molecule has 2 rings (SSSR count). The first-order valence-electron chi connectivity index (χ1n) is 13.7. The van der Waals surface area contributed by atoms with Crippen molar-refractivity contribution in [1.82, 2.24) is 9.97 Å². The minimum Gasteiger partial charge on any atom is -0.481 e. The van der Waals surface area contributed by atoms with Crippen LogP contribution in [0.25, 0.3) is 11.4 Å². The number of rotatable bonds is 18. The van der Waals surface area contributed by atoms with E-state index in [1.807, 2.05) is 43.6 Å². The standard InChI is InChI=1S/C30H46N2O2/c1-4-6-8-10-12-14-16-25-22-31-29(32-23-25)27-20-18-26(19-21-27)24(3)28(30(33)34)17-15-13-11-9-7-5-2/h18-24,28H,4-17H2,1-3H3,(H,33,34). The Balaban J connectivity index is 1.87. The number of aryl methyl sites for hydroxylation is 1. The van der Waals surface area contributed by atoms with Crippen LogP contribution in [0.4, 0.5) is 0 Å². The van der Waals surface area contributed by atoms with E-state index in [4.69, 9.17) is 0 Å². The predicted octanol–water partition coefficient (Wildman–Crippen LogP) is 8.60. The summed E-state index contributed by atoms with van der Waals surface area (Å²) in [5.74, 6) is -0.306. The lowest BCUT2D eigenvalue weighted by Gasteiger charge is -2.21. The molecular formula is C30H46N2O2. The van der Waals surface area contributed by atoms with Crippen molar-refractivity contribution in [3.8, 4) is 11.4 Å². The molecule has 1 aromatic carbocycles. The molecule has 2 atom stereocenters. The summed E-state index contributed by atoms with van der Waals surface area (Å²) in [6.07, 6.45) is 20.5. The van der Waals surface area contributed by atoms with Gasteiger partial charge in [-0.05, 0) is 36.3 Å². The third-order valence-electron chi connectivity index (χ3n) is 7.01. The van der Waals surface area contributed by atoms with Gasteiger partial charge in [0, 0.05) is 18.0 Å². The molecule has 188 valence electrons. The van der Waals surface area contributed by atoms with Gasteiger partial charge < -0.3 is 5.11 Å². The first-order valence-corrected chi connectivity index (χ1v) is 13.7. The number of aliphatic carboxylic acids is 1. The van der Waals surface area contributed by atoms with Gasteiger partial charge >= 0.3 is 5.97 Å². The number of carbonyl (C=O) groups is 1. The maximum absolute atomic E-state index is 11.9. The first kappa shape index (κ1) is 28.0. The number of hydrogen-bond acceptors (Lipinski definition) is 3. The maximum atomic E-state index is 11.9. The molecule has 0 bridgehead atoms. The van der Waals surface area contributed by atoms with Gasteiger partial charge in [0.1, 0.15) is 0 Å². The molecule has 1 N–H and O–H groups in total. The Labute approximate surface area is 207 Å². The Bertz CT molecular complexity index is 802. The highest BCUT2D eigenvalue weighted by Crippen LogP contribution is 2.30. The summed E-state index contributed by atoms with van der Waals surface area (Å²) < 4.78 is 0. The van der Waals surface area contributed by atoms with Crippen LogP contribution < -0.4 is 0 Å². The van der Waals surface area contributed by atoms with Crippen LogP contribution in [0.5, 0.6) is 0 Å². The van der Waals surface area contributed by atoms with Gasteiger partial charge in [-0.2, -0.15) is 0 Å². The van der Waals surface area contributed by atoms with Crippen LogP contribution >= 0.6 is 0 Å². The van der Waals surface area contributed by atoms with E-state index in [-0.39, 0.29) is 11.8 Å². The van der Waals surface area contributed by atoms with Crippen molar-refractivity contribution in [3.05, 3.63) is 47.8 Å². The van der Waals surface area contributed by atoms with Crippen LogP contribution in [0.3, 0.4) is 0 Å². The summed E-state index contributed by atoms with van der Waals surface area (Å²) in [6, 6.07) is 8.14. The molecule has 4 nitrogen and oxygen atoms in total. The van der Waals surface area contributed by atoms with Crippen molar-refractivity contribution >= 4 is 5.97 Å². The van der Waals surface area contributed by atoms with Gasteiger partial charge in [0.15, 0.2) is 5.82 Å². The molecule has 1 aromatic heterocycles. The van der Waals surface area contributed by atoms with Crippen molar-refractivity contribution in [1.29, 1.82) is 0 Å². The summed E-state index contributed by atoms with van der Waals surface area (Å²) in [5.41, 5.74) is 3.25. The average molecular weight is 467 g/mol. The van der Waals surface area contributed by atoms with E-state index in [2.05, 4.69) is 23.8 Å². The Morgan fingerprint density at radius 1 is 0.794 bits per heavy atom. The van der Waals surface area contributed by atoms with Crippen molar-refractivity contribution in [2.75, 3.05) is 0 Å². The zero-order valence-corrected chi connectivity index (χ0v) is 21.8. The van der Waals surface area contributed by atoms with Crippen molar-refractivity contribution in [2.45, 2.75) is 117 Å². The molecule has 0 saturated heterocycles. The van der Waals surface area contributed by atoms with Crippen molar-refractivity contribution < 1.29 is 9.90 Å². The Hall–Kier alpha value is -2.23. The smallest absolute Gasteiger partial charge is 0.307 e. The highest BCUT2D eigenvalue weighted by Gasteiger charge is 2.25. The molecule has 0 aliphatic rings. The molecule has 34 heavy (non-hydrogen) atoms. The molecule has 1 heterocycles. The van der Waals surface area contributed by atoms with E-state index in [0.717, 1.165) is 42.6 Å². The normalized spacial score (nSPS) is 13.0. The van der Waals surface area contributed by atoms with Crippen LogP contribution in [-0.2, 0) is 11.2 Å². The van der Waals surface area contributed by atoms with Crippen molar-refractivity contribution in [2.24, 2.45) is 5.92 Å². The maximum Gasteiger partial charge on any atom is 0.307 e. The van der Waals surface area contributed by atoms with Crippen molar-refractivity contribution in [3.63, 3.8) is 0 Å². The predicted molar refractivity (Wildman–Crippen MR) is 142 cm³/mol. The van der Waals surface area contributed by atoms with Crippen LogP contribution in [0, 0.1) is 5.92 Å². The van der Waals surface area contributed by atoms with Crippen LogP contribution in [0.1, 0.15) is 121 Å². The Kier molecular flexibility index (Phi) is 13.5.